The van der Waals surface area contributed by atoms with Gasteiger partial charge in [0, 0.05) is 6.07 Å². The molecule has 1 aromatic rings. The fraction of sp³-hybridized carbons (Fsp3) is 0.500. The lowest BCUT2D eigenvalue weighted by molar-refractivity contribution is 0.167. The highest BCUT2D eigenvalue weighted by atomic mass is 16.5. The molecule has 0 aliphatic carbocycles. The van der Waals surface area contributed by atoms with E-state index in [0.717, 1.165) is 5.56 Å². The van der Waals surface area contributed by atoms with Crippen LogP contribution in [0.3, 0.4) is 0 Å². The van der Waals surface area contributed by atoms with Gasteiger partial charge in [-0.15, -0.1) is 10.2 Å². The van der Waals surface area contributed by atoms with E-state index in [-0.39, 0.29) is 0 Å². The third-order valence-corrected chi connectivity index (χ3v) is 1.75. The summed E-state index contributed by atoms with van der Waals surface area (Å²) < 4.78 is 9.91. The van der Waals surface area contributed by atoms with Crippen molar-refractivity contribution in [3.05, 3.63) is 11.6 Å². The van der Waals surface area contributed by atoms with Gasteiger partial charge in [-0.25, -0.2) is 4.79 Å². The van der Waals surface area contributed by atoms with Crippen LogP contribution in [0, 0.1) is 6.92 Å². The number of nitrogens with zero attached hydrogens (tertiary/aromatic N) is 2. The Morgan fingerprint density at radius 3 is 2.69 bits per heavy atom. The second-order valence-corrected chi connectivity index (χ2v) is 2.99. The van der Waals surface area contributed by atoms with Crippen LogP contribution >= 0.6 is 0 Å². The number of hydrogen-bond donors (Lipinski definition) is 1. The van der Waals surface area contributed by atoms with Gasteiger partial charge in [-0.1, -0.05) is 0 Å². The van der Waals surface area contributed by atoms with E-state index in [9.17, 15) is 4.79 Å². The highest BCUT2D eigenvalue weighted by Crippen LogP contribution is 2.15. The number of aromatic nitrogens is 2. The molecule has 0 saturated heterocycles. The Morgan fingerprint density at radius 1 is 1.38 bits per heavy atom. The number of anilines is 1. The summed E-state index contributed by atoms with van der Waals surface area (Å²) in [4.78, 5) is 11.1. The molecule has 0 aliphatic heterocycles. The zero-order valence-electron chi connectivity index (χ0n) is 9.61. The lowest BCUT2D eigenvalue weighted by Gasteiger charge is -2.07. The first-order valence-corrected chi connectivity index (χ1v) is 5.08. The van der Waals surface area contributed by atoms with Crippen molar-refractivity contribution in [2.45, 2.75) is 20.8 Å². The Labute approximate surface area is 94.0 Å². The summed E-state index contributed by atoms with van der Waals surface area (Å²) in [5.41, 5.74) is 0.770. The molecule has 0 unspecified atom stereocenters. The molecule has 1 aromatic heterocycles. The summed E-state index contributed by atoms with van der Waals surface area (Å²) in [6, 6.07) is 1.71. The van der Waals surface area contributed by atoms with E-state index in [1.54, 1.807) is 19.9 Å². The predicted octanol–water partition coefficient (Wildman–Crippen LogP) is 1.75. The minimum Gasteiger partial charge on any atom is -0.477 e. The van der Waals surface area contributed by atoms with E-state index in [0.29, 0.717) is 24.9 Å². The van der Waals surface area contributed by atoms with E-state index in [1.807, 2.05) is 6.92 Å². The van der Waals surface area contributed by atoms with Gasteiger partial charge in [0.05, 0.1) is 13.2 Å². The monoisotopic (exact) mass is 225 g/mol. The van der Waals surface area contributed by atoms with Crippen molar-refractivity contribution in [1.29, 1.82) is 0 Å². The molecule has 6 nitrogen and oxygen atoms in total. The smallest absolute Gasteiger partial charge is 0.412 e. The molecule has 0 bridgehead atoms. The SMILES string of the molecule is CCOC(=O)Nc1nnc(OCC)cc1C. The van der Waals surface area contributed by atoms with Crippen molar-refractivity contribution in [2.75, 3.05) is 18.5 Å². The highest BCUT2D eigenvalue weighted by molar-refractivity contribution is 5.84. The van der Waals surface area contributed by atoms with Crippen LogP contribution in [0.5, 0.6) is 5.88 Å². The maximum atomic E-state index is 11.1. The molecule has 16 heavy (non-hydrogen) atoms. The van der Waals surface area contributed by atoms with Crippen molar-refractivity contribution < 1.29 is 14.3 Å². The van der Waals surface area contributed by atoms with Crippen LogP contribution in [0.25, 0.3) is 0 Å². The Bertz CT molecular complexity index is 368. The Hall–Kier alpha value is -1.85. The molecule has 6 heteroatoms. The van der Waals surface area contributed by atoms with Crippen LogP contribution in [-0.4, -0.2) is 29.5 Å². The molecule has 0 spiro atoms. The van der Waals surface area contributed by atoms with Crippen LogP contribution in [0.15, 0.2) is 6.07 Å². The standard InChI is InChI=1S/C10H15N3O3/c1-4-15-8-6-7(3)9(13-12-8)11-10(14)16-5-2/h6H,4-5H2,1-3H3,(H,11,13,14). The summed E-state index contributed by atoms with van der Waals surface area (Å²) in [5, 5.41) is 10.1. The minimum absolute atomic E-state index is 0.315. The number of aryl methyl sites for hydroxylation is 1. The number of carbonyl (C=O) groups is 1. The summed E-state index contributed by atoms with van der Waals surface area (Å²) in [6.45, 7) is 6.24. The van der Waals surface area contributed by atoms with Crippen LogP contribution in [0.4, 0.5) is 10.6 Å². The lowest BCUT2D eigenvalue weighted by Crippen LogP contribution is -2.15. The number of rotatable bonds is 4. The van der Waals surface area contributed by atoms with E-state index in [2.05, 4.69) is 15.5 Å². The molecular weight excluding hydrogens is 210 g/mol. The Kier molecular flexibility index (Phi) is 4.50. The van der Waals surface area contributed by atoms with E-state index in [1.165, 1.54) is 0 Å². The third-order valence-electron chi connectivity index (χ3n) is 1.75. The van der Waals surface area contributed by atoms with Crippen LogP contribution < -0.4 is 10.1 Å². The first-order chi connectivity index (χ1) is 7.67. The molecule has 0 fully saturated rings. The molecule has 0 saturated carbocycles. The summed E-state index contributed by atoms with van der Waals surface area (Å²) in [7, 11) is 0. The normalized spacial score (nSPS) is 9.69. The quantitative estimate of drug-likeness (QED) is 0.845. The third kappa shape index (κ3) is 3.38. The lowest BCUT2D eigenvalue weighted by atomic mass is 10.3. The van der Waals surface area contributed by atoms with Gasteiger partial charge in [0.1, 0.15) is 0 Å². The number of hydrogen-bond acceptors (Lipinski definition) is 5. The van der Waals surface area contributed by atoms with Crippen molar-refractivity contribution in [3.63, 3.8) is 0 Å². The molecule has 88 valence electrons. The van der Waals surface area contributed by atoms with Gasteiger partial charge >= 0.3 is 6.09 Å². The molecule has 0 atom stereocenters. The van der Waals surface area contributed by atoms with Gasteiger partial charge < -0.3 is 9.47 Å². The Balaban J connectivity index is 2.71. The van der Waals surface area contributed by atoms with Crippen LogP contribution in [0.2, 0.25) is 0 Å². The average molecular weight is 225 g/mol. The molecule has 1 heterocycles. The fourth-order valence-corrected chi connectivity index (χ4v) is 1.07. The topological polar surface area (TPSA) is 73.3 Å². The van der Waals surface area contributed by atoms with Gasteiger partial charge in [-0.3, -0.25) is 5.32 Å². The zero-order valence-corrected chi connectivity index (χ0v) is 9.61. The summed E-state index contributed by atoms with van der Waals surface area (Å²) in [5.74, 6) is 0.816. The predicted molar refractivity (Wildman–Crippen MR) is 58.6 cm³/mol. The molecule has 1 rings (SSSR count). The van der Waals surface area contributed by atoms with E-state index < -0.39 is 6.09 Å². The average Bonchev–Trinajstić information content (AvgIpc) is 2.23. The Morgan fingerprint density at radius 2 is 2.12 bits per heavy atom. The highest BCUT2D eigenvalue weighted by Gasteiger charge is 2.08. The molecule has 0 aromatic carbocycles. The van der Waals surface area contributed by atoms with Crippen LogP contribution in [-0.2, 0) is 4.74 Å². The number of ether oxygens (including phenoxy) is 2. The van der Waals surface area contributed by atoms with E-state index >= 15 is 0 Å². The molecular formula is C10H15N3O3. The molecule has 1 N–H and O–H groups in total. The first kappa shape index (κ1) is 12.2. The van der Waals surface area contributed by atoms with Gasteiger partial charge in [0.15, 0.2) is 5.82 Å². The van der Waals surface area contributed by atoms with Crippen LogP contribution in [0.1, 0.15) is 19.4 Å². The van der Waals surface area contributed by atoms with Gasteiger partial charge in [0.2, 0.25) is 5.88 Å². The van der Waals surface area contributed by atoms with Gasteiger partial charge in [0.25, 0.3) is 0 Å². The van der Waals surface area contributed by atoms with Gasteiger partial charge in [-0.05, 0) is 26.3 Å². The maximum absolute atomic E-state index is 11.1. The summed E-state index contributed by atoms with van der Waals surface area (Å²) in [6.07, 6.45) is -0.538. The molecule has 0 radical (unpaired) electrons. The summed E-state index contributed by atoms with van der Waals surface area (Å²) >= 11 is 0. The number of amides is 1. The zero-order chi connectivity index (χ0) is 12.0. The van der Waals surface area contributed by atoms with Crippen molar-refractivity contribution >= 4 is 11.9 Å². The maximum Gasteiger partial charge on any atom is 0.412 e. The largest absolute Gasteiger partial charge is 0.477 e. The molecule has 0 aliphatic rings. The minimum atomic E-state index is -0.538. The van der Waals surface area contributed by atoms with Crippen molar-refractivity contribution in [3.8, 4) is 5.88 Å². The second kappa shape index (κ2) is 5.89. The number of carbonyl (C=O) groups excluding carboxylic acids is 1. The second-order valence-electron chi connectivity index (χ2n) is 2.99. The van der Waals surface area contributed by atoms with Crippen molar-refractivity contribution in [2.24, 2.45) is 0 Å². The number of nitrogens with one attached hydrogen (secondary N) is 1. The van der Waals surface area contributed by atoms with Crippen molar-refractivity contribution in [1.82, 2.24) is 10.2 Å². The molecule has 1 amide bonds. The fourth-order valence-electron chi connectivity index (χ4n) is 1.07. The van der Waals surface area contributed by atoms with E-state index in [4.69, 9.17) is 9.47 Å². The first-order valence-electron chi connectivity index (χ1n) is 5.08. The van der Waals surface area contributed by atoms with Gasteiger partial charge in [-0.2, -0.15) is 0 Å².